The van der Waals surface area contributed by atoms with Crippen LogP contribution >= 0.6 is 0 Å². The predicted octanol–water partition coefficient (Wildman–Crippen LogP) is 2.00. The number of nitrogens with zero attached hydrogens (tertiary/aromatic N) is 2. The molecule has 0 N–H and O–H groups in total. The first-order valence-electron chi connectivity index (χ1n) is 5.99. The van der Waals surface area contributed by atoms with E-state index in [1.165, 1.54) is 6.20 Å². The van der Waals surface area contributed by atoms with E-state index in [1.54, 1.807) is 17.9 Å². The van der Waals surface area contributed by atoms with Crippen LogP contribution < -0.4 is 0 Å². The summed E-state index contributed by atoms with van der Waals surface area (Å²) in [5.74, 6) is -0.462. The van der Waals surface area contributed by atoms with Gasteiger partial charge >= 0.3 is 0 Å². The number of aryl methyl sites for hydroxylation is 1. The molecule has 0 saturated heterocycles. The SMILES string of the molecule is Cn1cc(C(=O)C2CCCC(C)(C)C2=O)cn1. The summed E-state index contributed by atoms with van der Waals surface area (Å²) < 4.78 is 1.59. The third-order valence-corrected chi connectivity index (χ3v) is 3.58. The van der Waals surface area contributed by atoms with Crippen molar-refractivity contribution in [1.29, 1.82) is 0 Å². The van der Waals surface area contributed by atoms with Gasteiger partial charge in [-0.15, -0.1) is 0 Å². The molecule has 1 saturated carbocycles. The lowest BCUT2D eigenvalue weighted by Gasteiger charge is -2.32. The molecule has 0 spiro atoms. The Bertz CT molecular complexity index is 460. The van der Waals surface area contributed by atoms with Crippen molar-refractivity contribution in [2.45, 2.75) is 33.1 Å². The number of carbonyl (C=O) groups excluding carboxylic acids is 2. The van der Waals surface area contributed by atoms with Crippen LogP contribution in [0.2, 0.25) is 0 Å². The van der Waals surface area contributed by atoms with Crippen molar-refractivity contribution in [2.24, 2.45) is 18.4 Å². The van der Waals surface area contributed by atoms with Crippen LogP contribution in [0.5, 0.6) is 0 Å². The molecule has 1 fully saturated rings. The Morgan fingerprint density at radius 1 is 1.53 bits per heavy atom. The molecule has 0 bridgehead atoms. The average Bonchev–Trinajstić information content (AvgIpc) is 2.68. The molecule has 1 heterocycles. The van der Waals surface area contributed by atoms with Gasteiger partial charge in [0.25, 0.3) is 0 Å². The van der Waals surface area contributed by atoms with Crippen molar-refractivity contribution < 1.29 is 9.59 Å². The van der Waals surface area contributed by atoms with Crippen LogP contribution in [0, 0.1) is 11.3 Å². The third kappa shape index (κ3) is 2.16. The molecule has 0 amide bonds. The molecule has 0 radical (unpaired) electrons. The quantitative estimate of drug-likeness (QED) is 0.581. The largest absolute Gasteiger partial charge is 0.298 e. The van der Waals surface area contributed by atoms with Gasteiger partial charge in [0.15, 0.2) is 5.78 Å². The Balaban J connectivity index is 2.23. The van der Waals surface area contributed by atoms with E-state index in [9.17, 15) is 9.59 Å². The number of hydrogen-bond donors (Lipinski definition) is 0. The molecule has 1 unspecified atom stereocenters. The van der Waals surface area contributed by atoms with Gasteiger partial charge in [0.05, 0.1) is 17.7 Å². The molecule has 17 heavy (non-hydrogen) atoms. The maximum Gasteiger partial charge on any atom is 0.176 e. The van der Waals surface area contributed by atoms with E-state index in [4.69, 9.17) is 0 Å². The number of rotatable bonds is 2. The van der Waals surface area contributed by atoms with Gasteiger partial charge in [-0.1, -0.05) is 20.3 Å². The molecule has 92 valence electrons. The van der Waals surface area contributed by atoms with E-state index in [0.29, 0.717) is 12.0 Å². The van der Waals surface area contributed by atoms with Gasteiger partial charge in [0, 0.05) is 18.7 Å². The number of Topliss-reactive ketones (excluding diaryl/α,β-unsaturated/α-hetero) is 2. The van der Waals surface area contributed by atoms with Crippen LogP contribution in [0.25, 0.3) is 0 Å². The summed E-state index contributed by atoms with van der Waals surface area (Å²) in [6, 6.07) is 0. The standard InChI is InChI=1S/C13H18N2O2/c1-13(2)6-4-5-10(12(13)17)11(16)9-7-14-15(3)8-9/h7-8,10H,4-6H2,1-3H3. The fraction of sp³-hybridized carbons (Fsp3) is 0.615. The van der Waals surface area contributed by atoms with Crippen molar-refractivity contribution in [3.05, 3.63) is 18.0 Å². The van der Waals surface area contributed by atoms with Crippen molar-refractivity contribution in [2.75, 3.05) is 0 Å². The first kappa shape index (κ1) is 12.0. The van der Waals surface area contributed by atoms with Crippen molar-refractivity contribution in [3.8, 4) is 0 Å². The average molecular weight is 234 g/mol. The van der Waals surface area contributed by atoms with Gasteiger partial charge in [-0.3, -0.25) is 14.3 Å². The van der Waals surface area contributed by atoms with E-state index in [-0.39, 0.29) is 17.0 Å². The summed E-state index contributed by atoms with van der Waals surface area (Å²) in [6.07, 6.45) is 5.71. The number of carbonyl (C=O) groups is 2. The zero-order chi connectivity index (χ0) is 12.6. The molecule has 1 aromatic heterocycles. The first-order valence-corrected chi connectivity index (χ1v) is 5.99. The number of ketones is 2. The van der Waals surface area contributed by atoms with Crippen LogP contribution in [0.15, 0.2) is 12.4 Å². The Morgan fingerprint density at radius 3 is 2.82 bits per heavy atom. The van der Waals surface area contributed by atoms with Gasteiger partial charge in [-0.2, -0.15) is 5.10 Å². The summed E-state index contributed by atoms with van der Waals surface area (Å²) in [6.45, 7) is 3.86. The second-order valence-corrected chi connectivity index (χ2v) is 5.46. The summed E-state index contributed by atoms with van der Waals surface area (Å²) >= 11 is 0. The van der Waals surface area contributed by atoms with Crippen molar-refractivity contribution >= 4 is 11.6 Å². The summed E-state index contributed by atoms with van der Waals surface area (Å²) in [4.78, 5) is 24.5. The molecule has 1 aromatic rings. The van der Waals surface area contributed by atoms with Gasteiger partial charge in [-0.05, 0) is 12.8 Å². The van der Waals surface area contributed by atoms with E-state index >= 15 is 0 Å². The van der Waals surface area contributed by atoms with Crippen molar-refractivity contribution in [3.63, 3.8) is 0 Å². The van der Waals surface area contributed by atoms with E-state index in [2.05, 4.69) is 5.10 Å². The Hall–Kier alpha value is -1.45. The Morgan fingerprint density at radius 2 is 2.24 bits per heavy atom. The first-order chi connectivity index (χ1) is 7.92. The summed E-state index contributed by atoms with van der Waals surface area (Å²) in [5, 5.41) is 3.98. The molecule has 1 atom stereocenters. The number of hydrogen-bond acceptors (Lipinski definition) is 3. The minimum Gasteiger partial charge on any atom is -0.298 e. The monoisotopic (exact) mass is 234 g/mol. The highest BCUT2D eigenvalue weighted by atomic mass is 16.2. The van der Waals surface area contributed by atoms with E-state index in [0.717, 1.165) is 12.8 Å². The molecule has 2 rings (SSSR count). The van der Waals surface area contributed by atoms with Crippen LogP contribution in [0.1, 0.15) is 43.5 Å². The second-order valence-electron chi connectivity index (χ2n) is 5.46. The van der Waals surface area contributed by atoms with Crippen LogP contribution in [-0.2, 0) is 11.8 Å². The molecular formula is C13H18N2O2. The molecule has 1 aliphatic rings. The number of aromatic nitrogens is 2. The zero-order valence-corrected chi connectivity index (χ0v) is 10.6. The fourth-order valence-electron chi connectivity index (χ4n) is 2.47. The van der Waals surface area contributed by atoms with Crippen LogP contribution in [0.4, 0.5) is 0 Å². The highest BCUT2D eigenvalue weighted by Crippen LogP contribution is 2.36. The molecule has 0 aromatic carbocycles. The highest BCUT2D eigenvalue weighted by Gasteiger charge is 2.41. The fourth-order valence-corrected chi connectivity index (χ4v) is 2.47. The van der Waals surface area contributed by atoms with E-state index < -0.39 is 5.92 Å². The predicted molar refractivity (Wildman–Crippen MR) is 63.7 cm³/mol. The van der Waals surface area contributed by atoms with E-state index in [1.807, 2.05) is 13.8 Å². The van der Waals surface area contributed by atoms with Gasteiger partial charge in [0.2, 0.25) is 0 Å². The Kier molecular flexibility index (Phi) is 2.89. The van der Waals surface area contributed by atoms with Gasteiger partial charge in [-0.25, -0.2) is 0 Å². The smallest absolute Gasteiger partial charge is 0.176 e. The van der Waals surface area contributed by atoms with Gasteiger partial charge < -0.3 is 0 Å². The zero-order valence-electron chi connectivity index (χ0n) is 10.6. The summed E-state index contributed by atoms with van der Waals surface area (Å²) in [5.41, 5.74) is 0.185. The minimum absolute atomic E-state index is 0.0733. The molecule has 1 aliphatic carbocycles. The van der Waals surface area contributed by atoms with Gasteiger partial charge in [0.1, 0.15) is 5.78 Å². The van der Waals surface area contributed by atoms with Crippen molar-refractivity contribution in [1.82, 2.24) is 9.78 Å². The topological polar surface area (TPSA) is 52.0 Å². The maximum absolute atomic E-state index is 12.2. The van der Waals surface area contributed by atoms with Crippen LogP contribution in [-0.4, -0.2) is 21.3 Å². The lowest BCUT2D eigenvalue weighted by Crippen LogP contribution is -2.39. The highest BCUT2D eigenvalue weighted by molar-refractivity contribution is 6.12. The molecule has 4 heteroatoms. The molecule has 0 aliphatic heterocycles. The lowest BCUT2D eigenvalue weighted by molar-refractivity contribution is -0.132. The Labute approximate surface area is 101 Å². The molecule has 4 nitrogen and oxygen atoms in total. The minimum atomic E-state index is -0.469. The summed E-state index contributed by atoms with van der Waals surface area (Å²) in [7, 11) is 1.77. The third-order valence-electron chi connectivity index (χ3n) is 3.58. The normalized spacial score (nSPS) is 23.7. The molecular weight excluding hydrogens is 216 g/mol. The lowest BCUT2D eigenvalue weighted by atomic mass is 9.69. The van der Waals surface area contributed by atoms with Crippen LogP contribution in [0.3, 0.4) is 0 Å². The second kappa shape index (κ2) is 4.09. The maximum atomic E-state index is 12.2.